The smallest absolute Gasteiger partial charge is 0.333 e. The van der Waals surface area contributed by atoms with E-state index in [1.54, 1.807) is 12.1 Å². The molecule has 0 fully saturated rings. The third kappa shape index (κ3) is 5.52. The molecule has 0 spiro atoms. The van der Waals surface area contributed by atoms with Crippen molar-refractivity contribution in [1.29, 1.82) is 0 Å². The lowest BCUT2D eigenvalue weighted by Gasteiger charge is -2.16. The highest BCUT2D eigenvalue weighted by Crippen LogP contribution is 2.25. The molecule has 0 bridgehead atoms. The second-order valence-electron chi connectivity index (χ2n) is 6.45. The fourth-order valence-electron chi connectivity index (χ4n) is 2.83. The van der Waals surface area contributed by atoms with Crippen molar-refractivity contribution in [2.24, 2.45) is 0 Å². The summed E-state index contributed by atoms with van der Waals surface area (Å²) in [7, 11) is 1.30. The first-order valence-electron chi connectivity index (χ1n) is 9.16. The number of amides is 1. The number of nitrogens with one attached hydrogen (secondary N) is 1. The summed E-state index contributed by atoms with van der Waals surface area (Å²) in [6.07, 6.45) is 1.08. The molecule has 3 aromatic rings. The average Bonchev–Trinajstić information content (AvgIpc) is 3.20. The number of methoxy groups -OCH3 is 1. The number of carbonyl (C=O) groups is 2. The Kier molecular flexibility index (Phi) is 7.17. The van der Waals surface area contributed by atoms with Crippen LogP contribution in [0.3, 0.4) is 0 Å². The zero-order valence-electron chi connectivity index (χ0n) is 16.1. The van der Waals surface area contributed by atoms with E-state index < -0.39 is 12.0 Å². The molecule has 0 radical (unpaired) electrons. The number of aromatic nitrogens is 1. The van der Waals surface area contributed by atoms with Gasteiger partial charge in [0.1, 0.15) is 5.01 Å². The van der Waals surface area contributed by atoms with Crippen molar-refractivity contribution in [3.8, 4) is 10.6 Å². The van der Waals surface area contributed by atoms with E-state index in [0.717, 1.165) is 21.5 Å². The molecule has 3 rings (SSSR count). The number of aryl methyl sites for hydroxylation is 1. The molecule has 1 N–H and O–H groups in total. The fourth-order valence-corrected chi connectivity index (χ4v) is 3.92. The van der Waals surface area contributed by atoms with Crippen LogP contribution in [0.1, 0.15) is 29.8 Å². The van der Waals surface area contributed by atoms with Crippen LogP contribution in [0.5, 0.6) is 0 Å². The summed E-state index contributed by atoms with van der Waals surface area (Å²) < 4.78 is 5.74. The number of halogens is 1. The van der Waals surface area contributed by atoms with Gasteiger partial charge in [-0.2, -0.15) is 0 Å². The van der Waals surface area contributed by atoms with Crippen LogP contribution in [-0.4, -0.2) is 24.0 Å². The molecule has 0 aliphatic heterocycles. The number of hydrogen-bond acceptors (Lipinski definition) is 5. The van der Waals surface area contributed by atoms with Gasteiger partial charge in [-0.25, -0.2) is 9.78 Å². The van der Waals surface area contributed by atoms with Gasteiger partial charge in [0, 0.05) is 15.4 Å². The molecular formula is C22H21BrN2O3S. The Labute approximate surface area is 182 Å². The Morgan fingerprint density at radius 2 is 1.83 bits per heavy atom. The van der Waals surface area contributed by atoms with Crippen LogP contribution in [0, 0.1) is 0 Å². The van der Waals surface area contributed by atoms with Crippen molar-refractivity contribution >= 4 is 39.1 Å². The Morgan fingerprint density at radius 1 is 1.14 bits per heavy atom. The van der Waals surface area contributed by atoms with Crippen LogP contribution >= 0.6 is 27.3 Å². The molecule has 29 heavy (non-hydrogen) atoms. The Balaban J connectivity index is 1.69. The van der Waals surface area contributed by atoms with E-state index in [1.165, 1.54) is 24.0 Å². The lowest BCUT2D eigenvalue weighted by Crippen LogP contribution is -2.35. The van der Waals surface area contributed by atoms with Gasteiger partial charge in [-0.05, 0) is 29.7 Å². The summed E-state index contributed by atoms with van der Waals surface area (Å²) in [4.78, 5) is 29.3. The zero-order chi connectivity index (χ0) is 20.8. The predicted molar refractivity (Wildman–Crippen MR) is 118 cm³/mol. The van der Waals surface area contributed by atoms with E-state index in [-0.39, 0.29) is 12.3 Å². The molecule has 1 atom stereocenters. The highest BCUT2D eigenvalue weighted by atomic mass is 79.9. The maximum Gasteiger partial charge on any atom is 0.333 e. The van der Waals surface area contributed by atoms with Crippen molar-refractivity contribution < 1.29 is 14.3 Å². The highest BCUT2D eigenvalue weighted by Gasteiger charge is 2.24. The van der Waals surface area contributed by atoms with Gasteiger partial charge in [-0.15, -0.1) is 11.3 Å². The second-order valence-corrected chi connectivity index (χ2v) is 8.22. The SMILES string of the molecule is CCc1ccc(-c2nc(CC(=O)NC(C(=O)OC)c3ccc(Br)cc3)cs2)cc1. The number of nitrogens with zero attached hydrogens (tertiary/aromatic N) is 1. The Hall–Kier alpha value is -2.51. The number of rotatable bonds is 7. The molecule has 0 saturated carbocycles. The van der Waals surface area contributed by atoms with E-state index in [9.17, 15) is 9.59 Å². The van der Waals surface area contributed by atoms with Crippen LogP contribution in [0.4, 0.5) is 0 Å². The molecule has 0 aliphatic carbocycles. The molecule has 5 nitrogen and oxygen atoms in total. The van der Waals surface area contributed by atoms with E-state index in [2.05, 4.69) is 45.3 Å². The van der Waals surface area contributed by atoms with Gasteiger partial charge in [0.25, 0.3) is 0 Å². The second kappa shape index (κ2) is 9.80. The Morgan fingerprint density at radius 3 is 2.45 bits per heavy atom. The first-order valence-corrected chi connectivity index (χ1v) is 10.8. The summed E-state index contributed by atoms with van der Waals surface area (Å²) in [6, 6.07) is 14.6. The van der Waals surface area contributed by atoms with E-state index in [1.807, 2.05) is 29.6 Å². The third-order valence-electron chi connectivity index (χ3n) is 4.45. The first kappa shape index (κ1) is 21.2. The average molecular weight is 473 g/mol. The number of carbonyl (C=O) groups excluding carboxylic acids is 2. The quantitative estimate of drug-likeness (QED) is 0.505. The summed E-state index contributed by atoms with van der Waals surface area (Å²) in [5, 5.41) is 5.49. The van der Waals surface area contributed by atoms with E-state index in [0.29, 0.717) is 11.3 Å². The molecule has 0 aliphatic rings. The van der Waals surface area contributed by atoms with Crippen LogP contribution in [0.15, 0.2) is 58.4 Å². The molecule has 1 heterocycles. The summed E-state index contributed by atoms with van der Waals surface area (Å²) in [6.45, 7) is 2.12. The van der Waals surface area contributed by atoms with Gasteiger partial charge in [0.2, 0.25) is 5.91 Å². The molecular weight excluding hydrogens is 452 g/mol. The molecule has 0 saturated heterocycles. The van der Waals surface area contributed by atoms with Crippen molar-refractivity contribution in [2.45, 2.75) is 25.8 Å². The maximum atomic E-state index is 12.5. The minimum atomic E-state index is -0.861. The Bertz CT molecular complexity index is 984. The van der Waals surface area contributed by atoms with Crippen LogP contribution in [0.2, 0.25) is 0 Å². The summed E-state index contributed by atoms with van der Waals surface area (Å²) in [5.41, 5.74) is 3.62. The van der Waals surface area contributed by atoms with Crippen molar-refractivity contribution in [3.63, 3.8) is 0 Å². The summed E-state index contributed by atoms with van der Waals surface area (Å²) >= 11 is 4.86. The van der Waals surface area contributed by atoms with Gasteiger partial charge >= 0.3 is 5.97 Å². The fraction of sp³-hybridized carbons (Fsp3) is 0.227. The number of ether oxygens (including phenoxy) is 1. The number of benzene rings is 2. The highest BCUT2D eigenvalue weighted by molar-refractivity contribution is 9.10. The maximum absolute atomic E-state index is 12.5. The molecule has 2 aromatic carbocycles. The molecule has 150 valence electrons. The van der Waals surface area contributed by atoms with Crippen LogP contribution in [0.25, 0.3) is 10.6 Å². The van der Waals surface area contributed by atoms with E-state index >= 15 is 0 Å². The van der Waals surface area contributed by atoms with Gasteiger partial charge in [0.15, 0.2) is 6.04 Å². The topological polar surface area (TPSA) is 68.3 Å². The standard InChI is InChI=1S/C22H21BrN2O3S/c1-3-14-4-6-16(7-5-14)21-24-18(13-29-21)12-19(26)25-20(22(27)28-2)15-8-10-17(23)11-9-15/h4-11,13,20H,3,12H2,1-2H3,(H,25,26). The van der Waals surface area contributed by atoms with Crippen molar-refractivity contribution in [2.75, 3.05) is 7.11 Å². The van der Waals surface area contributed by atoms with Crippen LogP contribution < -0.4 is 5.32 Å². The lowest BCUT2D eigenvalue weighted by atomic mass is 10.1. The predicted octanol–water partition coefficient (Wildman–Crippen LogP) is 4.71. The number of esters is 1. The number of hydrogen-bond donors (Lipinski definition) is 1. The third-order valence-corrected chi connectivity index (χ3v) is 5.92. The largest absolute Gasteiger partial charge is 0.467 e. The molecule has 7 heteroatoms. The number of thiazole rings is 1. The minimum Gasteiger partial charge on any atom is -0.467 e. The van der Waals surface area contributed by atoms with E-state index in [4.69, 9.17) is 4.74 Å². The van der Waals surface area contributed by atoms with Gasteiger partial charge in [-0.3, -0.25) is 4.79 Å². The van der Waals surface area contributed by atoms with Crippen LogP contribution in [-0.2, 0) is 27.2 Å². The zero-order valence-corrected chi connectivity index (χ0v) is 18.5. The minimum absolute atomic E-state index is 0.0908. The van der Waals surface area contributed by atoms with Crippen molar-refractivity contribution in [3.05, 3.63) is 75.2 Å². The lowest BCUT2D eigenvalue weighted by molar-refractivity contribution is -0.145. The van der Waals surface area contributed by atoms with Gasteiger partial charge < -0.3 is 10.1 Å². The first-order chi connectivity index (χ1) is 14.0. The molecule has 1 aromatic heterocycles. The molecule has 1 amide bonds. The summed E-state index contributed by atoms with van der Waals surface area (Å²) in [5.74, 6) is -0.808. The normalized spacial score (nSPS) is 11.7. The van der Waals surface area contributed by atoms with Crippen molar-refractivity contribution in [1.82, 2.24) is 10.3 Å². The van der Waals surface area contributed by atoms with Gasteiger partial charge in [-0.1, -0.05) is 59.3 Å². The van der Waals surface area contributed by atoms with Gasteiger partial charge in [0.05, 0.1) is 19.2 Å². The monoisotopic (exact) mass is 472 g/mol. The molecule has 1 unspecified atom stereocenters.